The van der Waals surface area contributed by atoms with Gasteiger partial charge in [-0.2, -0.15) is 0 Å². The lowest BCUT2D eigenvalue weighted by Gasteiger charge is -2.24. The Labute approximate surface area is 184 Å². The van der Waals surface area contributed by atoms with Gasteiger partial charge in [-0.15, -0.1) is 0 Å². The minimum Gasteiger partial charge on any atom is -0.493 e. The molecule has 5 nitrogen and oxygen atoms in total. The van der Waals surface area contributed by atoms with Gasteiger partial charge in [0.1, 0.15) is 0 Å². The molecule has 0 aliphatic carbocycles. The van der Waals surface area contributed by atoms with Crippen LogP contribution in [0.25, 0.3) is 6.08 Å². The molecular weight excluding hydrogens is 390 g/mol. The van der Waals surface area contributed by atoms with E-state index >= 15 is 0 Å². The van der Waals surface area contributed by atoms with Gasteiger partial charge in [0.15, 0.2) is 23.0 Å². The molecule has 0 bridgehead atoms. The van der Waals surface area contributed by atoms with Gasteiger partial charge in [-0.1, -0.05) is 44.7 Å². The lowest BCUT2D eigenvalue weighted by atomic mass is 9.85. The van der Waals surface area contributed by atoms with Gasteiger partial charge in [-0.25, -0.2) is 0 Å². The highest BCUT2D eigenvalue weighted by Gasteiger charge is 2.26. The van der Waals surface area contributed by atoms with Crippen LogP contribution in [0.2, 0.25) is 0 Å². The molecule has 2 aliphatic rings. The number of hydrogen-bond acceptors (Lipinski definition) is 5. The van der Waals surface area contributed by atoms with E-state index in [0.29, 0.717) is 11.7 Å². The molecule has 0 radical (unpaired) electrons. The van der Waals surface area contributed by atoms with Crippen LogP contribution in [0.5, 0.6) is 23.0 Å². The molecule has 4 rings (SSSR count). The number of fused-ring (bicyclic) bond motifs is 2. The van der Waals surface area contributed by atoms with E-state index in [1.54, 1.807) is 14.2 Å². The summed E-state index contributed by atoms with van der Waals surface area (Å²) >= 11 is 0. The maximum Gasteiger partial charge on any atom is 0.231 e. The molecule has 0 saturated carbocycles. The third kappa shape index (κ3) is 4.71. The van der Waals surface area contributed by atoms with Crippen molar-refractivity contribution < 1.29 is 18.9 Å². The summed E-state index contributed by atoms with van der Waals surface area (Å²) in [7, 11) is 3.29. The molecule has 1 unspecified atom stereocenters. The maximum absolute atomic E-state index is 5.66. The number of aliphatic imine (C=N–C) groups is 1. The van der Waals surface area contributed by atoms with Crippen LogP contribution < -0.4 is 18.9 Å². The van der Waals surface area contributed by atoms with Crippen LogP contribution in [0.3, 0.4) is 0 Å². The number of allylic oxidation sites excluding steroid dienone is 1. The number of hydrogen-bond donors (Lipinski definition) is 0. The minimum absolute atomic E-state index is 0.285. The maximum atomic E-state index is 5.66. The number of methoxy groups -OCH3 is 2. The van der Waals surface area contributed by atoms with Crippen molar-refractivity contribution in [1.29, 1.82) is 0 Å². The summed E-state index contributed by atoms with van der Waals surface area (Å²) in [6.07, 6.45) is 10.4. The third-order valence-corrected chi connectivity index (χ3v) is 5.99. The van der Waals surface area contributed by atoms with Crippen molar-refractivity contribution in [3.05, 3.63) is 53.1 Å². The summed E-state index contributed by atoms with van der Waals surface area (Å²) in [6, 6.07) is 10.2. The molecule has 164 valence electrons. The van der Waals surface area contributed by atoms with Crippen LogP contribution in [0.15, 0.2) is 41.4 Å². The zero-order chi connectivity index (χ0) is 21.6. The van der Waals surface area contributed by atoms with Gasteiger partial charge in [-0.3, -0.25) is 4.99 Å². The Balaban J connectivity index is 1.59. The monoisotopic (exact) mass is 421 g/mol. The highest BCUT2D eigenvalue weighted by atomic mass is 16.7. The fraction of sp³-hybridized carbons (Fsp3) is 0.423. The van der Waals surface area contributed by atoms with E-state index in [2.05, 4.69) is 31.2 Å². The Morgan fingerprint density at radius 1 is 0.968 bits per heavy atom. The van der Waals surface area contributed by atoms with Crippen LogP contribution in [-0.4, -0.2) is 33.3 Å². The summed E-state index contributed by atoms with van der Waals surface area (Å²) in [5, 5.41) is 0. The smallest absolute Gasteiger partial charge is 0.231 e. The number of rotatable bonds is 9. The summed E-state index contributed by atoms with van der Waals surface area (Å²) in [5.74, 6) is 3.52. The largest absolute Gasteiger partial charge is 0.493 e. The first-order valence-corrected chi connectivity index (χ1v) is 11.1. The Bertz CT molecular complexity index is 980. The number of unbranched alkanes of at least 4 members (excludes halogenated alkanes) is 3. The topological polar surface area (TPSA) is 49.3 Å². The molecule has 0 amide bonds. The first kappa shape index (κ1) is 21.3. The molecule has 31 heavy (non-hydrogen) atoms. The van der Waals surface area contributed by atoms with E-state index < -0.39 is 0 Å². The van der Waals surface area contributed by atoms with E-state index in [4.69, 9.17) is 23.9 Å². The molecule has 2 heterocycles. The Hall–Kier alpha value is -2.95. The molecule has 0 spiro atoms. The van der Waals surface area contributed by atoms with Crippen LogP contribution in [0.1, 0.15) is 61.6 Å². The minimum atomic E-state index is 0.285. The zero-order valence-electron chi connectivity index (χ0n) is 18.6. The highest BCUT2D eigenvalue weighted by Crippen LogP contribution is 2.41. The van der Waals surface area contributed by atoms with E-state index in [1.165, 1.54) is 31.2 Å². The molecule has 5 heteroatoms. The number of ether oxygens (including phenoxy) is 4. The van der Waals surface area contributed by atoms with Gasteiger partial charge in [0.2, 0.25) is 6.79 Å². The molecule has 0 fully saturated rings. The average molecular weight is 422 g/mol. The van der Waals surface area contributed by atoms with Crippen molar-refractivity contribution in [1.82, 2.24) is 0 Å². The van der Waals surface area contributed by atoms with Gasteiger partial charge in [0.25, 0.3) is 0 Å². The quantitative estimate of drug-likeness (QED) is 0.466. The third-order valence-electron chi connectivity index (χ3n) is 5.99. The number of benzene rings is 2. The first-order valence-electron chi connectivity index (χ1n) is 11.1. The van der Waals surface area contributed by atoms with Gasteiger partial charge in [0.05, 0.1) is 19.9 Å². The van der Waals surface area contributed by atoms with Gasteiger partial charge in [0, 0.05) is 18.0 Å². The molecule has 2 aromatic rings. The van der Waals surface area contributed by atoms with Crippen molar-refractivity contribution in [3.8, 4) is 23.0 Å². The lowest BCUT2D eigenvalue weighted by Crippen LogP contribution is -2.16. The fourth-order valence-corrected chi connectivity index (χ4v) is 4.25. The highest BCUT2D eigenvalue weighted by molar-refractivity contribution is 6.12. The van der Waals surface area contributed by atoms with Crippen molar-refractivity contribution in [2.24, 2.45) is 4.99 Å². The van der Waals surface area contributed by atoms with Gasteiger partial charge in [-0.05, 0) is 47.9 Å². The van der Waals surface area contributed by atoms with Crippen molar-refractivity contribution in [3.63, 3.8) is 0 Å². The van der Waals surface area contributed by atoms with Crippen LogP contribution in [0.4, 0.5) is 0 Å². The van der Waals surface area contributed by atoms with Crippen LogP contribution in [-0.2, 0) is 0 Å². The molecule has 2 aliphatic heterocycles. The van der Waals surface area contributed by atoms with E-state index in [9.17, 15) is 0 Å². The van der Waals surface area contributed by atoms with Crippen molar-refractivity contribution in [2.45, 2.75) is 44.9 Å². The van der Waals surface area contributed by atoms with Gasteiger partial charge < -0.3 is 18.9 Å². The van der Waals surface area contributed by atoms with Crippen molar-refractivity contribution >= 4 is 11.8 Å². The summed E-state index contributed by atoms with van der Waals surface area (Å²) in [5.41, 5.74) is 4.48. The Morgan fingerprint density at radius 2 is 1.77 bits per heavy atom. The van der Waals surface area contributed by atoms with Gasteiger partial charge >= 0.3 is 0 Å². The SMILES string of the molecule is CCCCCCC1CN=C(C=Cc2ccc(OC)c(OC)c2)c2cc3c(cc21)OCO3. The van der Waals surface area contributed by atoms with Crippen molar-refractivity contribution in [2.75, 3.05) is 27.6 Å². The standard InChI is InChI=1S/C26H31NO4/c1-4-5-6-7-8-19-16-27-22(21-15-26-25(14-20(19)21)30-17-31-26)11-9-18-10-12-23(28-2)24(13-18)29-3/h9-15,19H,4-8,16-17H2,1-3H3. The summed E-state index contributed by atoms with van der Waals surface area (Å²) in [6.45, 7) is 3.34. The van der Waals surface area contributed by atoms with E-state index in [-0.39, 0.29) is 6.79 Å². The fourth-order valence-electron chi connectivity index (χ4n) is 4.25. The number of nitrogens with zero attached hydrogens (tertiary/aromatic N) is 1. The summed E-state index contributed by atoms with van der Waals surface area (Å²) in [4.78, 5) is 4.95. The van der Waals surface area contributed by atoms with E-state index in [0.717, 1.165) is 47.1 Å². The van der Waals surface area contributed by atoms with E-state index in [1.807, 2.05) is 18.2 Å². The molecule has 0 N–H and O–H groups in total. The summed E-state index contributed by atoms with van der Waals surface area (Å²) < 4.78 is 22.1. The second-order valence-corrected chi connectivity index (χ2v) is 8.01. The molecule has 2 aromatic carbocycles. The Morgan fingerprint density at radius 3 is 2.55 bits per heavy atom. The van der Waals surface area contributed by atoms with Crippen LogP contribution in [0, 0.1) is 0 Å². The lowest BCUT2D eigenvalue weighted by molar-refractivity contribution is 0.174. The molecule has 0 saturated heterocycles. The second kappa shape index (κ2) is 9.90. The molecule has 0 aromatic heterocycles. The average Bonchev–Trinajstić information content (AvgIpc) is 3.27. The molecular formula is C26H31NO4. The predicted molar refractivity (Wildman–Crippen MR) is 124 cm³/mol. The zero-order valence-corrected chi connectivity index (χ0v) is 18.6. The van der Waals surface area contributed by atoms with Crippen LogP contribution >= 0.6 is 0 Å². The second-order valence-electron chi connectivity index (χ2n) is 8.01. The Kier molecular flexibility index (Phi) is 6.80. The predicted octanol–water partition coefficient (Wildman–Crippen LogP) is 6.00. The normalized spacial score (nSPS) is 16.9. The molecule has 1 atom stereocenters. The first-order chi connectivity index (χ1) is 15.2.